The zero-order valence-electron chi connectivity index (χ0n) is 11.2. The summed E-state index contributed by atoms with van der Waals surface area (Å²) in [7, 11) is 0. The Morgan fingerprint density at radius 3 is 2.76 bits per heavy atom. The van der Waals surface area contributed by atoms with Crippen LogP contribution in [0.4, 0.5) is 5.69 Å². The Kier molecular flexibility index (Phi) is 5.70. The highest BCUT2D eigenvalue weighted by Crippen LogP contribution is 2.18. The van der Waals surface area contributed by atoms with Gasteiger partial charge in [-0.15, -0.1) is 0 Å². The third-order valence-electron chi connectivity index (χ3n) is 2.65. The second-order valence-electron chi connectivity index (χ2n) is 3.91. The van der Waals surface area contributed by atoms with E-state index in [0.29, 0.717) is 0 Å². The molecule has 1 fully saturated rings. The Balaban J connectivity index is 0.000000686. The van der Waals surface area contributed by atoms with Gasteiger partial charge in [0.25, 0.3) is 0 Å². The first-order chi connectivity index (χ1) is 8.27. The molecule has 1 N–H and O–H groups in total. The molecular formula is C14H23N3. The lowest BCUT2D eigenvalue weighted by Crippen LogP contribution is -2.24. The number of rotatable bonds is 1. The second-order valence-corrected chi connectivity index (χ2v) is 3.91. The molecule has 3 heteroatoms. The molecule has 0 radical (unpaired) electrons. The molecule has 3 nitrogen and oxygen atoms in total. The van der Waals surface area contributed by atoms with E-state index in [9.17, 15) is 0 Å². The van der Waals surface area contributed by atoms with Gasteiger partial charge in [-0.3, -0.25) is 4.98 Å². The van der Waals surface area contributed by atoms with Crippen LogP contribution in [0.3, 0.4) is 0 Å². The van der Waals surface area contributed by atoms with Crippen LogP contribution < -0.4 is 10.2 Å². The van der Waals surface area contributed by atoms with Gasteiger partial charge in [0, 0.05) is 24.5 Å². The van der Waals surface area contributed by atoms with E-state index in [2.05, 4.69) is 27.8 Å². The van der Waals surface area contributed by atoms with E-state index < -0.39 is 0 Å². The first-order valence-corrected chi connectivity index (χ1v) is 6.36. The van der Waals surface area contributed by atoms with Gasteiger partial charge in [0.15, 0.2) is 0 Å². The van der Waals surface area contributed by atoms with Crippen molar-refractivity contribution in [3.63, 3.8) is 0 Å². The van der Waals surface area contributed by atoms with Crippen LogP contribution >= 0.6 is 0 Å². The quantitative estimate of drug-likeness (QED) is 0.808. The molecule has 1 aliphatic heterocycles. The van der Waals surface area contributed by atoms with Crippen molar-refractivity contribution in [2.24, 2.45) is 0 Å². The molecule has 0 bridgehead atoms. The first-order valence-electron chi connectivity index (χ1n) is 6.36. The predicted octanol–water partition coefficient (Wildman–Crippen LogP) is 2.73. The summed E-state index contributed by atoms with van der Waals surface area (Å²) >= 11 is 0. The fraction of sp³-hybridized carbons (Fsp3) is 0.500. The van der Waals surface area contributed by atoms with E-state index in [4.69, 9.17) is 0 Å². The summed E-state index contributed by atoms with van der Waals surface area (Å²) in [5.74, 6) is 0. The summed E-state index contributed by atoms with van der Waals surface area (Å²) in [6.45, 7) is 13.1. The van der Waals surface area contributed by atoms with Crippen LogP contribution in [0.25, 0.3) is 0 Å². The third-order valence-corrected chi connectivity index (χ3v) is 2.65. The molecule has 17 heavy (non-hydrogen) atoms. The van der Waals surface area contributed by atoms with Gasteiger partial charge in [-0.2, -0.15) is 0 Å². The monoisotopic (exact) mass is 233 g/mol. The number of anilines is 1. The minimum Gasteiger partial charge on any atom is -0.343 e. The van der Waals surface area contributed by atoms with Gasteiger partial charge in [-0.1, -0.05) is 20.4 Å². The van der Waals surface area contributed by atoms with Crippen molar-refractivity contribution >= 4 is 5.69 Å². The molecule has 0 aromatic carbocycles. The molecule has 2 rings (SSSR count). The Hall–Kier alpha value is -1.35. The van der Waals surface area contributed by atoms with Crippen molar-refractivity contribution < 1.29 is 0 Å². The molecule has 1 aliphatic rings. The molecule has 0 unspecified atom stereocenters. The smallest absolute Gasteiger partial charge is 0.0595 e. The average molecular weight is 233 g/mol. The van der Waals surface area contributed by atoms with Crippen molar-refractivity contribution in [1.29, 1.82) is 0 Å². The minimum atomic E-state index is 0.869. The number of pyridine rings is 1. The number of hydrogen-bond donors (Lipinski definition) is 1. The molecule has 0 aliphatic carbocycles. The molecule has 0 saturated carbocycles. The highest BCUT2D eigenvalue weighted by Gasteiger charge is 2.12. The summed E-state index contributed by atoms with van der Waals surface area (Å²) in [5, 5.41) is 3.35. The fourth-order valence-corrected chi connectivity index (χ4v) is 1.78. The minimum absolute atomic E-state index is 0.869. The van der Waals surface area contributed by atoms with E-state index in [0.717, 1.165) is 43.1 Å². The van der Waals surface area contributed by atoms with Crippen molar-refractivity contribution in [3.05, 3.63) is 36.3 Å². The maximum atomic E-state index is 4.32. The molecule has 1 aromatic heterocycles. The SMILES string of the molecule is C=C1CNCCCN1c1ccc(C)nc1.CC. The third kappa shape index (κ3) is 3.86. The number of nitrogens with zero attached hydrogens (tertiary/aromatic N) is 2. The van der Waals surface area contributed by atoms with E-state index in [1.54, 1.807) is 0 Å². The maximum absolute atomic E-state index is 4.32. The zero-order chi connectivity index (χ0) is 12.7. The lowest BCUT2D eigenvalue weighted by molar-refractivity contribution is 0.735. The van der Waals surface area contributed by atoms with Crippen molar-refractivity contribution in [1.82, 2.24) is 10.3 Å². The summed E-state index contributed by atoms with van der Waals surface area (Å²) < 4.78 is 0. The predicted molar refractivity (Wildman–Crippen MR) is 74.3 cm³/mol. The van der Waals surface area contributed by atoms with Crippen LogP contribution in [-0.2, 0) is 0 Å². The molecule has 0 amide bonds. The normalized spacial score (nSPS) is 15.9. The standard InChI is InChI=1S/C12H17N3.C2H6/c1-10-4-5-12(9-14-10)15-7-3-6-13-8-11(15)2;1-2/h4-5,9,13H,2-3,6-8H2,1H3;1-2H3. The van der Waals surface area contributed by atoms with E-state index >= 15 is 0 Å². The summed E-state index contributed by atoms with van der Waals surface area (Å²) in [6, 6.07) is 4.15. The van der Waals surface area contributed by atoms with Gasteiger partial charge in [-0.25, -0.2) is 0 Å². The molecule has 94 valence electrons. The van der Waals surface area contributed by atoms with Crippen LogP contribution in [0, 0.1) is 6.92 Å². The van der Waals surface area contributed by atoms with Crippen LogP contribution in [0.15, 0.2) is 30.6 Å². The number of nitrogens with one attached hydrogen (secondary N) is 1. The van der Waals surface area contributed by atoms with Gasteiger partial charge in [0.1, 0.15) is 0 Å². The van der Waals surface area contributed by atoms with Crippen LogP contribution in [-0.4, -0.2) is 24.6 Å². The van der Waals surface area contributed by atoms with E-state index in [-0.39, 0.29) is 0 Å². The molecule has 1 saturated heterocycles. The Labute approximate surface area is 105 Å². The largest absolute Gasteiger partial charge is 0.343 e. The van der Waals surface area contributed by atoms with E-state index in [1.807, 2.05) is 33.0 Å². The maximum Gasteiger partial charge on any atom is 0.0595 e. The van der Waals surface area contributed by atoms with Gasteiger partial charge in [0.2, 0.25) is 0 Å². The van der Waals surface area contributed by atoms with Crippen LogP contribution in [0.2, 0.25) is 0 Å². The van der Waals surface area contributed by atoms with Gasteiger partial charge in [-0.05, 0) is 32.0 Å². The average Bonchev–Trinajstić information content (AvgIpc) is 2.58. The molecule has 1 aromatic rings. The molecular weight excluding hydrogens is 210 g/mol. The number of aromatic nitrogens is 1. The van der Waals surface area contributed by atoms with Crippen LogP contribution in [0.1, 0.15) is 26.0 Å². The summed E-state index contributed by atoms with van der Waals surface area (Å²) in [6.07, 6.45) is 3.07. The fourth-order valence-electron chi connectivity index (χ4n) is 1.78. The lowest BCUT2D eigenvalue weighted by Gasteiger charge is -2.23. The zero-order valence-corrected chi connectivity index (χ0v) is 11.2. The Bertz CT molecular complexity index is 343. The lowest BCUT2D eigenvalue weighted by atomic mass is 10.3. The van der Waals surface area contributed by atoms with Crippen molar-refractivity contribution in [3.8, 4) is 0 Å². The van der Waals surface area contributed by atoms with Gasteiger partial charge >= 0.3 is 0 Å². The van der Waals surface area contributed by atoms with Gasteiger partial charge < -0.3 is 10.2 Å². The number of hydrogen-bond acceptors (Lipinski definition) is 3. The summed E-state index contributed by atoms with van der Waals surface area (Å²) in [5.41, 5.74) is 3.32. The number of aryl methyl sites for hydroxylation is 1. The van der Waals surface area contributed by atoms with Crippen molar-refractivity contribution in [2.45, 2.75) is 27.2 Å². The van der Waals surface area contributed by atoms with E-state index in [1.165, 1.54) is 0 Å². The van der Waals surface area contributed by atoms with Gasteiger partial charge in [0.05, 0.1) is 11.9 Å². The first kappa shape index (κ1) is 13.7. The van der Waals surface area contributed by atoms with Crippen molar-refractivity contribution in [2.75, 3.05) is 24.5 Å². The topological polar surface area (TPSA) is 28.2 Å². The summed E-state index contributed by atoms with van der Waals surface area (Å²) in [4.78, 5) is 6.56. The molecule has 0 spiro atoms. The Morgan fingerprint density at radius 2 is 2.12 bits per heavy atom. The molecule has 0 atom stereocenters. The molecule has 2 heterocycles. The highest BCUT2D eigenvalue weighted by atomic mass is 15.2. The highest BCUT2D eigenvalue weighted by molar-refractivity contribution is 5.50. The Morgan fingerprint density at radius 1 is 1.35 bits per heavy atom. The van der Waals surface area contributed by atoms with Crippen LogP contribution in [0.5, 0.6) is 0 Å². The second kappa shape index (κ2) is 7.07.